The minimum atomic E-state index is 0.109. The van der Waals surface area contributed by atoms with Crippen molar-refractivity contribution in [3.63, 3.8) is 0 Å². The molecule has 2 N–H and O–H groups in total. The molecule has 0 spiro atoms. The normalized spacial score (nSPS) is 15.2. The maximum Gasteiger partial charge on any atom is 0.119 e. The third-order valence-electron chi connectivity index (χ3n) is 3.63. The lowest BCUT2D eigenvalue weighted by Gasteiger charge is -2.33. The molecule has 0 aliphatic heterocycles. The van der Waals surface area contributed by atoms with E-state index in [1.165, 1.54) is 6.07 Å². The second kappa shape index (κ2) is 5.41. The first kappa shape index (κ1) is 13.8. The Bertz CT molecular complexity index is 356. The fourth-order valence-corrected chi connectivity index (χ4v) is 1.92. The Labute approximate surface area is 104 Å². The minimum absolute atomic E-state index is 0.109. The van der Waals surface area contributed by atoms with Gasteiger partial charge in [0.15, 0.2) is 0 Å². The van der Waals surface area contributed by atoms with Crippen molar-refractivity contribution in [3.05, 3.63) is 23.8 Å². The third-order valence-corrected chi connectivity index (χ3v) is 3.63. The molecule has 1 aromatic carbocycles. The SMILES string of the molecule is CC(C)C(C)N(C)C(C)c1cc(O)cc(O)c1. The van der Waals surface area contributed by atoms with Gasteiger partial charge >= 0.3 is 0 Å². The molecule has 2 unspecified atom stereocenters. The molecule has 0 heterocycles. The first-order valence-corrected chi connectivity index (χ1v) is 6.07. The van der Waals surface area contributed by atoms with Crippen LogP contribution in [-0.2, 0) is 0 Å². The highest BCUT2D eigenvalue weighted by Crippen LogP contribution is 2.29. The largest absolute Gasteiger partial charge is 0.508 e. The van der Waals surface area contributed by atoms with Crippen molar-refractivity contribution in [2.45, 2.75) is 39.8 Å². The van der Waals surface area contributed by atoms with Gasteiger partial charge in [0.2, 0.25) is 0 Å². The number of nitrogens with zero attached hydrogens (tertiary/aromatic N) is 1. The maximum atomic E-state index is 9.49. The van der Waals surface area contributed by atoms with Crippen molar-refractivity contribution in [2.24, 2.45) is 5.92 Å². The van der Waals surface area contributed by atoms with Gasteiger partial charge in [0.1, 0.15) is 11.5 Å². The van der Waals surface area contributed by atoms with E-state index in [2.05, 4.69) is 39.6 Å². The summed E-state index contributed by atoms with van der Waals surface area (Å²) in [7, 11) is 2.07. The summed E-state index contributed by atoms with van der Waals surface area (Å²) < 4.78 is 0. The second-order valence-corrected chi connectivity index (χ2v) is 5.11. The highest BCUT2D eigenvalue weighted by molar-refractivity contribution is 5.38. The van der Waals surface area contributed by atoms with Crippen LogP contribution in [0.3, 0.4) is 0 Å². The second-order valence-electron chi connectivity index (χ2n) is 5.11. The van der Waals surface area contributed by atoms with Gasteiger partial charge in [-0.25, -0.2) is 0 Å². The summed E-state index contributed by atoms with van der Waals surface area (Å²) in [6.45, 7) is 8.64. The lowest BCUT2D eigenvalue weighted by Crippen LogP contribution is -2.35. The standard InChI is InChI=1S/C14H23NO2/c1-9(2)10(3)15(5)11(4)12-6-13(16)8-14(17)7-12/h6-11,16-17H,1-5H3. The van der Waals surface area contributed by atoms with Crippen molar-refractivity contribution in [3.8, 4) is 11.5 Å². The van der Waals surface area contributed by atoms with Gasteiger partial charge in [0.25, 0.3) is 0 Å². The number of rotatable bonds is 4. The summed E-state index contributed by atoms with van der Waals surface area (Å²) >= 11 is 0. The zero-order valence-corrected chi connectivity index (χ0v) is 11.3. The topological polar surface area (TPSA) is 43.7 Å². The monoisotopic (exact) mass is 237 g/mol. The van der Waals surface area contributed by atoms with Crippen LogP contribution in [0.25, 0.3) is 0 Å². The van der Waals surface area contributed by atoms with Crippen LogP contribution < -0.4 is 0 Å². The van der Waals surface area contributed by atoms with Crippen molar-refractivity contribution in [2.75, 3.05) is 7.05 Å². The van der Waals surface area contributed by atoms with Crippen molar-refractivity contribution < 1.29 is 10.2 Å². The molecule has 3 heteroatoms. The molecule has 2 atom stereocenters. The van der Waals surface area contributed by atoms with Crippen molar-refractivity contribution in [1.29, 1.82) is 0 Å². The zero-order valence-electron chi connectivity index (χ0n) is 11.3. The molecule has 96 valence electrons. The summed E-state index contributed by atoms with van der Waals surface area (Å²) in [5.41, 5.74) is 0.928. The summed E-state index contributed by atoms with van der Waals surface area (Å²) in [6.07, 6.45) is 0. The van der Waals surface area contributed by atoms with Crippen LogP contribution in [0.4, 0.5) is 0 Å². The maximum absolute atomic E-state index is 9.49. The summed E-state index contributed by atoms with van der Waals surface area (Å²) in [6, 6.07) is 5.35. The molecule has 0 bridgehead atoms. The fourth-order valence-electron chi connectivity index (χ4n) is 1.92. The van der Waals surface area contributed by atoms with Gasteiger partial charge in [0, 0.05) is 18.2 Å². The highest BCUT2D eigenvalue weighted by Gasteiger charge is 2.20. The van der Waals surface area contributed by atoms with E-state index in [9.17, 15) is 10.2 Å². The number of phenols is 2. The van der Waals surface area contributed by atoms with Gasteiger partial charge in [-0.15, -0.1) is 0 Å². The fraction of sp³-hybridized carbons (Fsp3) is 0.571. The van der Waals surface area contributed by atoms with E-state index in [0.717, 1.165) is 5.56 Å². The van der Waals surface area contributed by atoms with Crippen LogP contribution in [0, 0.1) is 5.92 Å². The number of hydrogen-bond acceptors (Lipinski definition) is 3. The van der Waals surface area contributed by atoms with Gasteiger partial charge in [-0.05, 0) is 44.5 Å². The Hall–Kier alpha value is -1.22. The molecule has 1 rings (SSSR count). The Morgan fingerprint density at radius 2 is 1.41 bits per heavy atom. The minimum Gasteiger partial charge on any atom is -0.508 e. The van der Waals surface area contributed by atoms with Crippen LogP contribution in [0.5, 0.6) is 11.5 Å². The number of aromatic hydroxyl groups is 2. The molecule has 0 saturated carbocycles. The number of benzene rings is 1. The van der Waals surface area contributed by atoms with Gasteiger partial charge in [-0.1, -0.05) is 13.8 Å². The molecule has 1 aromatic rings. The Morgan fingerprint density at radius 1 is 0.941 bits per heavy atom. The predicted molar refractivity (Wildman–Crippen MR) is 70.2 cm³/mol. The first-order chi connectivity index (χ1) is 7.82. The number of hydrogen-bond donors (Lipinski definition) is 2. The van der Waals surface area contributed by atoms with E-state index in [1.54, 1.807) is 12.1 Å². The molecule has 17 heavy (non-hydrogen) atoms. The van der Waals surface area contributed by atoms with E-state index in [0.29, 0.717) is 12.0 Å². The van der Waals surface area contributed by atoms with Gasteiger partial charge in [-0.2, -0.15) is 0 Å². The number of phenolic OH excluding ortho intramolecular Hbond substituents is 2. The average molecular weight is 237 g/mol. The Kier molecular flexibility index (Phi) is 4.40. The molecule has 3 nitrogen and oxygen atoms in total. The Balaban J connectivity index is 2.91. The zero-order chi connectivity index (χ0) is 13.2. The quantitative estimate of drug-likeness (QED) is 0.845. The predicted octanol–water partition coefficient (Wildman–Crippen LogP) is 3.14. The van der Waals surface area contributed by atoms with Crippen LogP contribution in [0.2, 0.25) is 0 Å². The summed E-state index contributed by atoms with van der Waals surface area (Å²) in [4.78, 5) is 2.25. The van der Waals surface area contributed by atoms with Crippen LogP contribution in [0.15, 0.2) is 18.2 Å². The molecule has 0 fully saturated rings. The van der Waals surface area contributed by atoms with Crippen molar-refractivity contribution in [1.82, 2.24) is 4.90 Å². The van der Waals surface area contributed by atoms with E-state index < -0.39 is 0 Å². The molecular formula is C14H23NO2. The molecule has 0 aliphatic rings. The van der Waals surface area contributed by atoms with Crippen LogP contribution in [-0.4, -0.2) is 28.2 Å². The van der Waals surface area contributed by atoms with Crippen LogP contribution in [0.1, 0.15) is 39.3 Å². The van der Waals surface area contributed by atoms with E-state index in [1.807, 2.05) is 0 Å². The van der Waals surface area contributed by atoms with Gasteiger partial charge in [-0.3, -0.25) is 4.90 Å². The lowest BCUT2D eigenvalue weighted by molar-refractivity contribution is 0.158. The average Bonchev–Trinajstić information content (AvgIpc) is 2.24. The summed E-state index contributed by atoms with van der Waals surface area (Å²) in [5, 5.41) is 19.0. The molecule has 0 radical (unpaired) electrons. The van der Waals surface area contributed by atoms with E-state index in [4.69, 9.17) is 0 Å². The first-order valence-electron chi connectivity index (χ1n) is 6.07. The lowest BCUT2D eigenvalue weighted by atomic mass is 10.00. The van der Waals surface area contributed by atoms with E-state index >= 15 is 0 Å². The van der Waals surface area contributed by atoms with E-state index in [-0.39, 0.29) is 17.5 Å². The highest BCUT2D eigenvalue weighted by atomic mass is 16.3. The molecular weight excluding hydrogens is 214 g/mol. The van der Waals surface area contributed by atoms with Gasteiger partial charge < -0.3 is 10.2 Å². The smallest absolute Gasteiger partial charge is 0.119 e. The third kappa shape index (κ3) is 3.37. The van der Waals surface area contributed by atoms with Crippen LogP contribution >= 0.6 is 0 Å². The molecule has 0 saturated heterocycles. The molecule has 0 aromatic heterocycles. The van der Waals surface area contributed by atoms with Gasteiger partial charge in [0.05, 0.1) is 0 Å². The van der Waals surface area contributed by atoms with Crippen molar-refractivity contribution >= 4 is 0 Å². The molecule has 0 amide bonds. The Morgan fingerprint density at radius 3 is 1.82 bits per heavy atom. The molecule has 0 aliphatic carbocycles. The summed E-state index contributed by atoms with van der Waals surface area (Å²) in [5.74, 6) is 0.781.